The van der Waals surface area contributed by atoms with Crippen molar-refractivity contribution >= 4 is 14.2 Å². The van der Waals surface area contributed by atoms with Crippen LogP contribution in [0.4, 0.5) is 0 Å². The molecule has 1 unspecified atom stereocenters. The molecule has 54 valence electrons. The fraction of sp³-hybridized carbons (Fsp3) is 0.286. The molecule has 0 saturated carbocycles. The van der Waals surface area contributed by atoms with Gasteiger partial charge in [-0.05, 0) is 30.8 Å². The van der Waals surface area contributed by atoms with Gasteiger partial charge in [-0.1, -0.05) is 0 Å². The van der Waals surface area contributed by atoms with E-state index in [1.165, 1.54) is 0 Å². The maximum absolute atomic E-state index is 10.5. The third-order valence-corrected chi connectivity index (χ3v) is 3.07. The van der Waals surface area contributed by atoms with Crippen LogP contribution in [-0.2, 0) is 0 Å². The number of hydrogen-bond donors (Lipinski definition) is 1. The van der Waals surface area contributed by atoms with Crippen molar-refractivity contribution < 1.29 is 9.90 Å². The van der Waals surface area contributed by atoms with E-state index in [1.54, 1.807) is 0 Å². The van der Waals surface area contributed by atoms with Crippen molar-refractivity contribution in [3.05, 3.63) is 22.2 Å². The highest BCUT2D eigenvalue weighted by molar-refractivity contribution is 7.32. The largest absolute Gasteiger partial charge is 0.477 e. The Bertz CT molecular complexity index is 263. The number of carboxylic acids is 1. The van der Waals surface area contributed by atoms with Crippen molar-refractivity contribution in [2.45, 2.75) is 13.8 Å². The summed E-state index contributed by atoms with van der Waals surface area (Å²) in [5, 5.41) is 9.18. The SMILES string of the molecule is Cc1c[pH]c(C(=O)O)c1C. The normalized spacial score (nSPS) is 10.6. The first-order valence-electron chi connectivity index (χ1n) is 3.01. The van der Waals surface area contributed by atoms with Gasteiger partial charge in [0.1, 0.15) is 0 Å². The topological polar surface area (TPSA) is 37.3 Å². The van der Waals surface area contributed by atoms with Gasteiger partial charge in [0.25, 0.3) is 0 Å². The van der Waals surface area contributed by atoms with Gasteiger partial charge in [0.05, 0.1) is 5.30 Å². The Kier molecular flexibility index (Phi) is 1.82. The van der Waals surface area contributed by atoms with E-state index < -0.39 is 5.97 Å². The molecule has 0 aromatic carbocycles. The minimum absolute atomic E-state index is 0.359. The van der Waals surface area contributed by atoms with Crippen molar-refractivity contribution in [2.75, 3.05) is 0 Å². The van der Waals surface area contributed by atoms with Crippen LogP contribution in [0.5, 0.6) is 0 Å². The molecule has 0 fully saturated rings. The second-order valence-electron chi connectivity index (χ2n) is 2.28. The monoisotopic (exact) mass is 156 g/mol. The second kappa shape index (κ2) is 2.47. The molecule has 1 aromatic rings. The summed E-state index contributed by atoms with van der Waals surface area (Å²) in [6.45, 7) is 3.80. The number of aromatic carboxylic acids is 1. The summed E-state index contributed by atoms with van der Waals surface area (Å²) < 4.78 is 0. The lowest BCUT2D eigenvalue weighted by molar-refractivity contribution is 0.0701. The highest BCUT2D eigenvalue weighted by atomic mass is 31.0. The fourth-order valence-electron chi connectivity index (χ4n) is 0.816. The van der Waals surface area contributed by atoms with E-state index in [1.807, 2.05) is 19.6 Å². The molecule has 1 aromatic heterocycles. The van der Waals surface area contributed by atoms with Crippen molar-refractivity contribution in [3.8, 4) is 0 Å². The summed E-state index contributed by atoms with van der Waals surface area (Å²) in [5.41, 5.74) is 2.04. The summed E-state index contributed by atoms with van der Waals surface area (Å²) in [7, 11) is 0.359. The summed E-state index contributed by atoms with van der Waals surface area (Å²) in [6, 6.07) is 0. The molecule has 0 bridgehead atoms. The van der Waals surface area contributed by atoms with Gasteiger partial charge in [0, 0.05) is 0 Å². The van der Waals surface area contributed by atoms with E-state index in [2.05, 4.69) is 0 Å². The van der Waals surface area contributed by atoms with Crippen LogP contribution < -0.4 is 0 Å². The second-order valence-corrected chi connectivity index (χ2v) is 3.35. The van der Waals surface area contributed by atoms with Crippen molar-refractivity contribution in [2.24, 2.45) is 0 Å². The number of rotatable bonds is 1. The Morgan fingerprint density at radius 2 is 2.20 bits per heavy atom. The highest BCUT2D eigenvalue weighted by Gasteiger charge is 2.08. The number of hydrogen-bond acceptors (Lipinski definition) is 1. The number of carboxylic acid groups (broad SMARTS) is 1. The van der Waals surface area contributed by atoms with Crippen LogP contribution in [0.2, 0.25) is 0 Å². The zero-order chi connectivity index (χ0) is 7.72. The first-order valence-corrected chi connectivity index (χ1v) is 4.08. The average Bonchev–Trinajstić information content (AvgIpc) is 2.14. The van der Waals surface area contributed by atoms with Gasteiger partial charge < -0.3 is 5.11 Å². The molecule has 1 rings (SSSR count). The molecule has 0 aliphatic heterocycles. The minimum atomic E-state index is -0.774. The molecule has 2 nitrogen and oxygen atoms in total. The molecule has 10 heavy (non-hydrogen) atoms. The van der Waals surface area contributed by atoms with Crippen molar-refractivity contribution in [1.29, 1.82) is 0 Å². The van der Waals surface area contributed by atoms with Gasteiger partial charge >= 0.3 is 5.97 Å². The lowest BCUT2D eigenvalue weighted by Crippen LogP contribution is -1.93. The standard InChI is InChI=1S/C7H9O2P/c1-4-3-10-6(5(4)2)7(8)9/h3,10H,1-2H3,(H,8,9). The lowest BCUT2D eigenvalue weighted by Gasteiger charge is -1.91. The quantitative estimate of drug-likeness (QED) is 0.675. The molecule has 1 atom stereocenters. The van der Waals surface area contributed by atoms with Gasteiger partial charge in [0.2, 0.25) is 0 Å². The molecule has 0 amide bonds. The molecule has 3 heteroatoms. The van der Waals surface area contributed by atoms with Crippen LogP contribution in [-0.4, -0.2) is 11.1 Å². The summed E-state index contributed by atoms with van der Waals surface area (Å²) in [6.07, 6.45) is 0. The molecular formula is C7H9O2P. The Balaban J connectivity index is 3.17. The summed E-state index contributed by atoms with van der Waals surface area (Å²) in [5.74, 6) is 1.20. The van der Waals surface area contributed by atoms with Crippen LogP contribution in [0.1, 0.15) is 21.2 Å². The van der Waals surface area contributed by atoms with E-state index in [0.29, 0.717) is 13.5 Å². The van der Waals surface area contributed by atoms with E-state index in [9.17, 15) is 4.79 Å². The van der Waals surface area contributed by atoms with Crippen LogP contribution in [0, 0.1) is 13.8 Å². The fourth-order valence-corrected chi connectivity index (χ4v) is 1.93. The Labute approximate surface area is 61.0 Å². The van der Waals surface area contributed by atoms with Gasteiger partial charge in [-0.3, -0.25) is 0 Å². The number of carbonyl (C=O) groups is 1. The molecule has 0 saturated heterocycles. The predicted molar refractivity (Wildman–Crippen MR) is 42.4 cm³/mol. The average molecular weight is 156 g/mol. The molecular weight excluding hydrogens is 147 g/mol. The van der Waals surface area contributed by atoms with Gasteiger partial charge in [-0.15, -0.1) is 8.19 Å². The predicted octanol–water partition coefficient (Wildman–Crippen LogP) is 2.03. The van der Waals surface area contributed by atoms with Crippen molar-refractivity contribution in [1.82, 2.24) is 0 Å². The van der Waals surface area contributed by atoms with Crippen LogP contribution in [0.3, 0.4) is 0 Å². The molecule has 0 aliphatic rings. The smallest absolute Gasteiger partial charge is 0.339 e. The van der Waals surface area contributed by atoms with Gasteiger partial charge in [-0.2, -0.15) is 0 Å². The molecule has 0 spiro atoms. The van der Waals surface area contributed by atoms with E-state index in [4.69, 9.17) is 5.11 Å². The molecule has 0 radical (unpaired) electrons. The molecule has 1 N–H and O–H groups in total. The summed E-state index contributed by atoms with van der Waals surface area (Å²) >= 11 is 0. The maximum atomic E-state index is 10.5. The Morgan fingerprint density at radius 1 is 1.60 bits per heavy atom. The maximum Gasteiger partial charge on any atom is 0.339 e. The molecule has 1 heterocycles. The van der Waals surface area contributed by atoms with Crippen LogP contribution in [0.15, 0.2) is 5.80 Å². The number of aryl methyl sites for hydroxylation is 1. The minimum Gasteiger partial charge on any atom is -0.477 e. The van der Waals surface area contributed by atoms with Gasteiger partial charge in [-0.25, -0.2) is 4.79 Å². The Morgan fingerprint density at radius 3 is 2.40 bits per heavy atom. The lowest BCUT2D eigenvalue weighted by atomic mass is 10.2. The third kappa shape index (κ3) is 1.07. The van der Waals surface area contributed by atoms with Gasteiger partial charge in [0.15, 0.2) is 0 Å². The third-order valence-electron chi connectivity index (χ3n) is 1.61. The van der Waals surface area contributed by atoms with Crippen LogP contribution >= 0.6 is 8.19 Å². The van der Waals surface area contributed by atoms with E-state index in [-0.39, 0.29) is 0 Å². The molecule has 0 aliphatic carbocycles. The first kappa shape index (κ1) is 7.36. The van der Waals surface area contributed by atoms with E-state index >= 15 is 0 Å². The zero-order valence-electron chi connectivity index (χ0n) is 5.93. The van der Waals surface area contributed by atoms with Crippen molar-refractivity contribution in [3.63, 3.8) is 0 Å². The summed E-state index contributed by atoms with van der Waals surface area (Å²) in [4.78, 5) is 10.5. The van der Waals surface area contributed by atoms with Crippen LogP contribution in [0.25, 0.3) is 0 Å². The highest BCUT2D eigenvalue weighted by Crippen LogP contribution is 2.24. The van der Waals surface area contributed by atoms with E-state index in [0.717, 1.165) is 11.1 Å². The first-order chi connectivity index (χ1) is 4.63. The zero-order valence-corrected chi connectivity index (χ0v) is 6.93. The Hall–Kier alpha value is -0.750.